The van der Waals surface area contributed by atoms with Crippen molar-refractivity contribution < 1.29 is 275 Å². The van der Waals surface area contributed by atoms with Crippen molar-refractivity contribution in [3.05, 3.63) is 0 Å². The highest BCUT2D eigenvalue weighted by Crippen LogP contribution is 2.36. The van der Waals surface area contributed by atoms with Crippen LogP contribution >= 0.6 is 0 Å². The number of alkyl halides is 28. The molecular formula is C88H132F28O32. The van der Waals surface area contributed by atoms with E-state index < -0.39 is 338 Å². The first-order valence-electron chi connectivity index (χ1n) is 44.1. The fourth-order valence-corrected chi connectivity index (χ4v) is 7.13. The zero-order valence-corrected chi connectivity index (χ0v) is 85.8. The monoisotopic (exact) mass is 2230 g/mol. The van der Waals surface area contributed by atoms with Crippen LogP contribution in [-0.2, 0) is 153 Å². The number of halogens is 28. The van der Waals surface area contributed by atoms with E-state index in [2.05, 4.69) is 75.8 Å². The zero-order valence-electron chi connectivity index (χ0n) is 85.8. The number of carbonyl (C=O) groups excluding carboxylic acids is 16. The van der Waals surface area contributed by atoms with Crippen LogP contribution in [0, 0.1) is 45.3 Å². The summed E-state index contributed by atoms with van der Waals surface area (Å²) in [7, 11) is 0. The lowest BCUT2D eigenvalue weighted by Crippen LogP contribution is -2.34. The third-order valence-electron chi connectivity index (χ3n) is 18.0. The van der Waals surface area contributed by atoms with Gasteiger partial charge in [0, 0.05) is 13.8 Å². The quantitative estimate of drug-likeness (QED) is 0.0310. The summed E-state index contributed by atoms with van der Waals surface area (Å²) in [6, 6.07) is 0. The first-order valence-corrected chi connectivity index (χ1v) is 44.1. The molecule has 0 aliphatic rings. The maximum Gasteiger partial charge on any atom is 0.422 e. The molecule has 60 heteroatoms. The van der Waals surface area contributed by atoms with Gasteiger partial charge in [0.05, 0.1) is 58.2 Å². The van der Waals surface area contributed by atoms with Crippen molar-refractivity contribution in [2.45, 2.75) is 315 Å². The van der Waals surface area contributed by atoms with Crippen molar-refractivity contribution in [2.24, 2.45) is 45.3 Å². The maximum absolute atomic E-state index is 13.1. The van der Waals surface area contributed by atoms with Gasteiger partial charge in [-0.3, -0.25) is 38.4 Å². The van der Waals surface area contributed by atoms with Gasteiger partial charge in [0.2, 0.25) is 0 Å². The number of ether oxygens (including phenoxy) is 16. The van der Waals surface area contributed by atoms with Gasteiger partial charge in [0.25, 0.3) is 47.4 Å². The van der Waals surface area contributed by atoms with Gasteiger partial charge in [-0.15, -0.1) is 0 Å². The Bertz CT molecular complexity index is 3730. The van der Waals surface area contributed by atoms with Crippen LogP contribution < -0.4 is 0 Å². The van der Waals surface area contributed by atoms with Gasteiger partial charge in [0.1, 0.15) is 12.8 Å². The molecule has 0 aliphatic carbocycles. The van der Waals surface area contributed by atoms with Crippen molar-refractivity contribution in [1.29, 1.82) is 0 Å². The largest absolute Gasteiger partial charge is 0.457 e. The maximum atomic E-state index is 13.1. The Hall–Kier alpha value is -10.4. The van der Waals surface area contributed by atoms with E-state index in [1.165, 1.54) is 6.92 Å². The second-order valence-electron chi connectivity index (χ2n) is 35.1. The molecule has 0 spiro atoms. The van der Waals surface area contributed by atoms with Crippen molar-refractivity contribution in [2.75, 3.05) is 106 Å². The topological polar surface area (TPSA) is 421 Å². The minimum absolute atomic E-state index is 0.319. The molecule has 32 nitrogen and oxygen atoms in total. The summed E-state index contributed by atoms with van der Waals surface area (Å²) >= 11 is 0. The highest BCUT2D eigenvalue weighted by Gasteiger charge is 2.48. The molecule has 0 rings (SSSR count). The van der Waals surface area contributed by atoms with Crippen LogP contribution in [0.1, 0.15) is 243 Å². The Balaban J connectivity index is -0.000000253. The predicted molar refractivity (Wildman–Crippen MR) is 454 cm³/mol. The number of carbonyl (C=O) groups is 16. The van der Waals surface area contributed by atoms with E-state index in [1.807, 2.05) is 0 Å². The van der Waals surface area contributed by atoms with E-state index in [1.54, 1.807) is 132 Å². The van der Waals surface area contributed by atoms with Crippen LogP contribution in [0.5, 0.6) is 0 Å². The molecule has 0 N–H and O–H groups in total. The van der Waals surface area contributed by atoms with E-state index in [0.717, 1.165) is 0 Å². The molecule has 0 bridgehead atoms. The van der Waals surface area contributed by atoms with Gasteiger partial charge in [-0.05, 0) is 121 Å². The number of esters is 16. The molecule has 872 valence electrons. The van der Waals surface area contributed by atoms with Crippen LogP contribution in [0.4, 0.5) is 123 Å². The van der Waals surface area contributed by atoms with E-state index in [9.17, 15) is 200 Å². The van der Waals surface area contributed by atoms with Crippen molar-refractivity contribution >= 4 is 95.5 Å². The van der Waals surface area contributed by atoms with Crippen molar-refractivity contribution in [3.63, 3.8) is 0 Å². The zero-order chi connectivity index (χ0) is 119. The summed E-state index contributed by atoms with van der Waals surface area (Å²) in [6.45, 7) is 17.0. The number of hydrogen-bond donors (Lipinski definition) is 0. The van der Waals surface area contributed by atoms with Gasteiger partial charge in [-0.25, -0.2) is 109 Å². The summed E-state index contributed by atoms with van der Waals surface area (Å²) in [6.07, 6.45) is -23.5. The SMILES string of the molecule is CCC(C)(C)C(=O)OCC(=O)OCC(C)(F)F.CCC(C)(C)C(=O)OCC(=O)OCC(F)(F)CC(C)(F)F.CCC(C)(C)C(=O)OCC(=O)OCC(F)(F)CC(F)(F)F.CCC(C)(C)C(=O)OCC(=O)OCC(F)(F)F.CCC(C)C(=O)OCC(=O)OCC(C)(F)F.CCC(C)C(=O)OCC(=O)OCC(F)(F)CC(C)(F)F.CCC(C)C(=O)OCC(=O)OCC(F)(F)CC(F)(F)F.CCC(C)C(=O)OCC(=O)OCC(F)(F)F. The molecular weight excluding hydrogens is 2100 g/mol. The average Bonchev–Trinajstić information content (AvgIpc) is 0.866. The summed E-state index contributed by atoms with van der Waals surface area (Å²) in [5.74, 6) is -45.7. The second-order valence-corrected chi connectivity index (χ2v) is 35.1. The molecule has 0 aromatic rings. The van der Waals surface area contributed by atoms with Gasteiger partial charge in [-0.2, -0.15) is 52.7 Å². The molecule has 0 heterocycles. The fraction of sp³-hybridized carbons (Fsp3) is 0.818. The molecule has 0 saturated heterocycles. The van der Waals surface area contributed by atoms with Gasteiger partial charge < -0.3 is 75.8 Å². The predicted octanol–water partition coefficient (Wildman–Crippen LogP) is 19.5. The minimum Gasteiger partial charge on any atom is -0.457 e. The molecule has 0 saturated carbocycles. The van der Waals surface area contributed by atoms with E-state index in [-0.39, 0.29) is 5.92 Å². The second kappa shape index (κ2) is 69.8. The Kier molecular flexibility index (Phi) is 72.1. The molecule has 4 atom stereocenters. The van der Waals surface area contributed by atoms with Crippen molar-refractivity contribution in [3.8, 4) is 0 Å². The van der Waals surface area contributed by atoms with Crippen LogP contribution in [0.3, 0.4) is 0 Å². The summed E-state index contributed by atoms with van der Waals surface area (Å²) in [4.78, 5) is 178. The normalized spacial score (nSPS) is 13.0. The lowest BCUT2D eigenvalue weighted by Gasteiger charge is -2.21. The Morgan fingerprint density at radius 2 is 0.324 bits per heavy atom. The van der Waals surface area contributed by atoms with Crippen LogP contribution in [0.2, 0.25) is 0 Å². The third-order valence-corrected chi connectivity index (χ3v) is 18.0. The van der Waals surface area contributed by atoms with Gasteiger partial charge >= 0.3 is 120 Å². The molecule has 0 fully saturated rings. The lowest BCUT2D eigenvalue weighted by molar-refractivity contribution is -0.205. The van der Waals surface area contributed by atoms with Crippen molar-refractivity contribution in [1.82, 2.24) is 0 Å². The smallest absolute Gasteiger partial charge is 0.422 e. The lowest BCUT2D eigenvalue weighted by atomic mass is 9.91. The summed E-state index contributed by atoms with van der Waals surface area (Å²) in [5.41, 5.74) is -3.14. The van der Waals surface area contributed by atoms with Crippen LogP contribution in [-0.4, -0.2) is 273 Å². The Morgan fingerprint density at radius 1 is 0.182 bits per heavy atom. The summed E-state index contributed by atoms with van der Waals surface area (Å²) in [5, 5.41) is 0. The highest BCUT2D eigenvalue weighted by molar-refractivity contribution is 5.83. The van der Waals surface area contributed by atoms with Gasteiger partial charge in [-0.1, -0.05) is 83.1 Å². The summed E-state index contributed by atoms with van der Waals surface area (Å²) < 4.78 is 412. The number of rotatable bonds is 52. The molecule has 0 aromatic heterocycles. The van der Waals surface area contributed by atoms with E-state index in [4.69, 9.17) is 0 Å². The van der Waals surface area contributed by atoms with Crippen LogP contribution in [0.25, 0.3) is 0 Å². The average molecular weight is 2230 g/mol. The first kappa shape index (κ1) is 153. The molecule has 0 aliphatic heterocycles. The molecule has 0 amide bonds. The highest BCUT2D eigenvalue weighted by atomic mass is 19.4. The standard InChI is InChI=1S/C13H20F4O4.C12H17F5O4.C12H18F4O4.C11H15F5O4.C11H18F2O4.C10H15F3O4.C10H16F2O4.C9H13F3O4/c1-5-11(2,3)10(19)20-6-9(18)21-8-13(16,17)7-12(4,14)15;1-4-10(2,3)9(19)20-5-8(18)21-7-11(13,14)6-12(15,16)17;1-4-8(2)10(18)19-5-9(17)20-7-12(15,16)6-11(3,13)14;1-3-7(2)9(18)19-4-8(17)20-6-10(12,13)5-11(14,15)16;1-5-10(2,3)9(15)16-6-8(14)17-7-11(4,12)13;1-4-9(2,3)8(15)16-5-7(14)17-6-10(11,12)13;1-4-7(2)9(14)15-5-8(13)16-6-10(3,11)12;1-3-6(2)8(14)15-4-7(13)16-5-9(10,11)12/h5-8H2,1-4H3;4-7H2,1-3H3;8H,4-7H2,1-3H3;7H,3-6H2,1-2H3;5-7H2,1-4H3;4-6H2,1-3H3;7H,4-6H2,1-3H3;6H,3-5H2,1-2H3. The van der Waals surface area contributed by atoms with Gasteiger partial charge in [0.15, 0.2) is 106 Å². The Morgan fingerprint density at radius 3 is 0.453 bits per heavy atom. The van der Waals surface area contributed by atoms with Crippen LogP contribution in [0.15, 0.2) is 0 Å². The number of hydrogen-bond acceptors (Lipinski definition) is 32. The first-order chi connectivity index (χ1) is 66.2. The molecule has 0 aromatic carbocycles. The molecule has 4 unspecified atom stereocenters. The molecule has 0 radical (unpaired) electrons. The fourth-order valence-electron chi connectivity index (χ4n) is 7.13. The van der Waals surface area contributed by atoms with E-state index in [0.29, 0.717) is 79.1 Å². The third kappa shape index (κ3) is 94.0. The molecule has 148 heavy (non-hydrogen) atoms. The Labute approximate surface area is 835 Å². The van der Waals surface area contributed by atoms with E-state index >= 15 is 0 Å². The minimum atomic E-state index is -5.08.